The Morgan fingerprint density at radius 3 is 2.83 bits per heavy atom. The number of nitrogens with two attached hydrogens (primary N) is 2. The van der Waals surface area contributed by atoms with E-state index in [1.54, 1.807) is 12.1 Å². The van der Waals surface area contributed by atoms with Gasteiger partial charge in [-0.3, -0.25) is 4.79 Å². The Kier molecular flexibility index (Phi) is 2.47. The molecule has 0 aliphatic heterocycles. The third kappa shape index (κ3) is 1.85. The molecule has 0 saturated carbocycles. The van der Waals surface area contributed by atoms with Gasteiger partial charge >= 0.3 is 0 Å². The van der Waals surface area contributed by atoms with E-state index in [2.05, 4.69) is 9.72 Å². The summed E-state index contributed by atoms with van der Waals surface area (Å²) in [4.78, 5) is 13.7. The number of carbonyl (C=O) groups is 1. The van der Waals surface area contributed by atoms with Crippen LogP contribution < -0.4 is 11.5 Å². The molecule has 4 N–H and O–H groups in total. The van der Waals surface area contributed by atoms with E-state index < -0.39 is 0 Å². The first-order valence-electron chi connectivity index (χ1n) is 3.30. The number of hydrogen-bond acceptors (Lipinski definition) is 5. The third-order valence-electron chi connectivity index (χ3n) is 1.31. The third-order valence-corrected chi connectivity index (χ3v) is 1.31. The fraction of sp³-hybridized carbons (Fsp3) is 0.143. The van der Waals surface area contributed by atoms with Crippen molar-refractivity contribution in [2.45, 2.75) is 6.61 Å². The van der Waals surface area contributed by atoms with Crippen LogP contribution in [-0.4, -0.2) is 11.5 Å². The van der Waals surface area contributed by atoms with Crippen LogP contribution in [0.25, 0.3) is 0 Å². The summed E-state index contributed by atoms with van der Waals surface area (Å²) < 4.78 is 4.47. The fourth-order valence-electron chi connectivity index (χ4n) is 0.728. The van der Waals surface area contributed by atoms with Crippen LogP contribution in [0.4, 0.5) is 11.5 Å². The highest BCUT2D eigenvalue weighted by molar-refractivity contribution is 5.57. The second-order valence-electron chi connectivity index (χ2n) is 2.18. The molecular weight excluding hydrogens is 158 g/mol. The zero-order valence-electron chi connectivity index (χ0n) is 6.36. The second-order valence-corrected chi connectivity index (χ2v) is 2.18. The minimum Gasteiger partial charge on any atom is -0.461 e. The highest BCUT2D eigenvalue weighted by Crippen LogP contribution is 2.11. The van der Waals surface area contributed by atoms with Crippen molar-refractivity contribution in [1.29, 1.82) is 0 Å². The number of nitrogens with zero attached hydrogens (tertiary/aromatic N) is 1. The number of nitrogen functional groups attached to an aromatic ring is 2. The molecule has 0 saturated heterocycles. The maximum absolute atomic E-state index is 9.82. The van der Waals surface area contributed by atoms with Gasteiger partial charge in [-0.2, -0.15) is 0 Å². The molecule has 0 atom stereocenters. The first kappa shape index (κ1) is 8.32. The summed E-state index contributed by atoms with van der Waals surface area (Å²) in [6.45, 7) is 0.474. The van der Waals surface area contributed by atoms with Crippen LogP contribution in [0, 0.1) is 0 Å². The van der Waals surface area contributed by atoms with E-state index in [0.29, 0.717) is 17.9 Å². The molecule has 1 rings (SSSR count). The Morgan fingerprint density at radius 1 is 1.50 bits per heavy atom. The molecule has 1 aromatic heterocycles. The number of aromatic nitrogens is 1. The van der Waals surface area contributed by atoms with Gasteiger partial charge in [-0.1, -0.05) is 0 Å². The number of rotatable bonds is 3. The van der Waals surface area contributed by atoms with Crippen molar-refractivity contribution in [3.05, 3.63) is 17.8 Å². The molecule has 5 heteroatoms. The predicted octanol–water partition coefficient (Wildman–Crippen LogP) is -0.0810. The number of hydrogen-bond donors (Lipinski definition) is 2. The summed E-state index contributed by atoms with van der Waals surface area (Å²) in [6, 6.07) is 3.26. The average Bonchev–Trinajstić information content (AvgIpc) is 2.07. The highest BCUT2D eigenvalue weighted by Gasteiger charge is 1.98. The van der Waals surface area contributed by atoms with Gasteiger partial charge in [0.2, 0.25) is 0 Å². The largest absolute Gasteiger partial charge is 0.461 e. The number of anilines is 2. The van der Waals surface area contributed by atoms with E-state index in [9.17, 15) is 4.79 Å². The predicted molar refractivity (Wildman–Crippen MR) is 43.9 cm³/mol. The molecule has 0 unspecified atom stereocenters. The van der Waals surface area contributed by atoms with Crippen molar-refractivity contribution in [3.63, 3.8) is 0 Å². The Hall–Kier alpha value is -1.78. The molecule has 5 nitrogen and oxygen atoms in total. The molecule has 0 fully saturated rings. The van der Waals surface area contributed by atoms with E-state index in [-0.39, 0.29) is 12.4 Å². The van der Waals surface area contributed by atoms with E-state index in [1.807, 2.05) is 0 Å². The van der Waals surface area contributed by atoms with E-state index in [0.717, 1.165) is 0 Å². The van der Waals surface area contributed by atoms with Crippen molar-refractivity contribution in [2.24, 2.45) is 0 Å². The molecule has 0 aromatic carbocycles. The molecule has 64 valence electrons. The molecular formula is C7H9N3O2. The lowest BCUT2D eigenvalue weighted by Crippen LogP contribution is -2.01. The highest BCUT2D eigenvalue weighted by atomic mass is 16.5. The smallest absolute Gasteiger partial charge is 0.293 e. The monoisotopic (exact) mass is 167 g/mol. The summed E-state index contributed by atoms with van der Waals surface area (Å²) in [5, 5.41) is 0. The topological polar surface area (TPSA) is 91.2 Å². The van der Waals surface area contributed by atoms with E-state index in [4.69, 9.17) is 11.5 Å². The second kappa shape index (κ2) is 3.56. The van der Waals surface area contributed by atoms with Crippen LogP contribution in [0.5, 0.6) is 0 Å². The molecule has 1 heterocycles. The van der Waals surface area contributed by atoms with Crippen LogP contribution in [0.15, 0.2) is 12.1 Å². The number of carbonyl (C=O) groups excluding carboxylic acids is 1. The Balaban J connectivity index is 2.75. The van der Waals surface area contributed by atoms with Crippen molar-refractivity contribution in [3.8, 4) is 0 Å². The summed E-state index contributed by atoms with van der Waals surface area (Å²) in [5.41, 5.74) is 11.8. The van der Waals surface area contributed by atoms with Gasteiger partial charge in [0.25, 0.3) is 6.47 Å². The molecule has 0 amide bonds. The summed E-state index contributed by atoms with van der Waals surface area (Å²) in [5.74, 6) is 0.252. The maximum atomic E-state index is 9.82. The first-order valence-corrected chi connectivity index (χ1v) is 3.30. The average molecular weight is 167 g/mol. The van der Waals surface area contributed by atoms with E-state index in [1.165, 1.54) is 0 Å². The number of ether oxygens (including phenoxy) is 1. The molecule has 12 heavy (non-hydrogen) atoms. The van der Waals surface area contributed by atoms with Gasteiger partial charge in [-0.25, -0.2) is 4.98 Å². The van der Waals surface area contributed by atoms with Crippen LogP contribution in [0.1, 0.15) is 5.69 Å². The maximum Gasteiger partial charge on any atom is 0.293 e. The normalized spacial score (nSPS) is 9.33. The van der Waals surface area contributed by atoms with Crippen molar-refractivity contribution >= 4 is 18.0 Å². The van der Waals surface area contributed by atoms with Gasteiger partial charge in [0, 0.05) is 0 Å². The Morgan fingerprint density at radius 2 is 2.25 bits per heavy atom. The quantitative estimate of drug-likeness (QED) is 0.614. The van der Waals surface area contributed by atoms with Crippen molar-refractivity contribution in [1.82, 2.24) is 4.98 Å². The molecule has 0 aliphatic carbocycles. The van der Waals surface area contributed by atoms with Crippen LogP contribution >= 0.6 is 0 Å². The van der Waals surface area contributed by atoms with Gasteiger partial charge in [0.05, 0.1) is 11.4 Å². The SMILES string of the molecule is Nc1ccc(COC=O)nc1N. The summed E-state index contributed by atoms with van der Waals surface area (Å²) in [6.07, 6.45) is 0. The van der Waals surface area contributed by atoms with Gasteiger partial charge in [-0.15, -0.1) is 0 Å². The van der Waals surface area contributed by atoms with Crippen molar-refractivity contribution < 1.29 is 9.53 Å². The molecule has 1 aromatic rings. The Bertz CT molecular complexity index is 288. The van der Waals surface area contributed by atoms with Gasteiger partial charge in [0.1, 0.15) is 12.4 Å². The molecule has 0 bridgehead atoms. The standard InChI is InChI=1S/C7H9N3O2/c8-6-2-1-5(3-12-4-11)10-7(6)9/h1-2,4H,3,8H2,(H2,9,10). The molecule has 0 aliphatic rings. The van der Waals surface area contributed by atoms with Crippen LogP contribution in [0.3, 0.4) is 0 Å². The lowest BCUT2D eigenvalue weighted by molar-refractivity contribution is -0.129. The van der Waals surface area contributed by atoms with E-state index >= 15 is 0 Å². The summed E-state index contributed by atoms with van der Waals surface area (Å²) >= 11 is 0. The van der Waals surface area contributed by atoms with Gasteiger partial charge in [0.15, 0.2) is 0 Å². The summed E-state index contributed by atoms with van der Waals surface area (Å²) in [7, 11) is 0. The zero-order chi connectivity index (χ0) is 8.97. The molecule has 0 spiro atoms. The number of pyridine rings is 1. The zero-order valence-corrected chi connectivity index (χ0v) is 6.36. The van der Waals surface area contributed by atoms with Crippen LogP contribution in [-0.2, 0) is 16.1 Å². The minimum atomic E-state index is 0.119. The first-order chi connectivity index (χ1) is 5.74. The van der Waals surface area contributed by atoms with Gasteiger partial charge < -0.3 is 16.2 Å². The fourth-order valence-corrected chi connectivity index (χ4v) is 0.728. The van der Waals surface area contributed by atoms with Gasteiger partial charge in [-0.05, 0) is 12.1 Å². The lowest BCUT2D eigenvalue weighted by atomic mass is 10.3. The Labute approximate surface area is 69.3 Å². The minimum absolute atomic E-state index is 0.119. The van der Waals surface area contributed by atoms with Crippen molar-refractivity contribution in [2.75, 3.05) is 11.5 Å². The lowest BCUT2D eigenvalue weighted by Gasteiger charge is -2.01. The molecule has 0 radical (unpaired) electrons. The van der Waals surface area contributed by atoms with Crippen LogP contribution in [0.2, 0.25) is 0 Å².